The third kappa shape index (κ3) is 2.44. The van der Waals surface area contributed by atoms with Crippen molar-refractivity contribution in [2.75, 3.05) is 5.32 Å². The highest BCUT2D eigenvalue weighted by atomic mass is 32.2. The number of anilines is 1. The van der Waals surface area contributed by atoms with Gasteiger partial charge in [-0.2, -0.15) is 0 Å². The summed E-state index contributed by atoms with van der Waals surface area (Å²) in [6.07, 6.45) is 0. The van der Waals surface area contributed by atoms with Gasteiger partial charge in [0.25, 0.3) is 0 Å². The molecule has 2 aliphatic rings. The van der Waals surface area contributed by atoms with Crippen LogP contribution in [0.5, 0.6) is 5.75 Å². The van der Waals surface area contributed by atoms with Gasteiger partial charge in [0.05, 0.1) is 16.6 Å². The molecular formula is C26H17NO2S. The lowest BCUT2D eigenvalue weighted by atomic mass is 9.95. The zero-order valence-corrected chi connectivity index (χ0v) is 16.7. The summed E-state index contributed by atoms with van der Waals surface area (Å²) in [5, 5.41) is 16.2. The second kappa shape index (κ2) is 6.51. The SMILES string of the molecule is O=C1C2=C(Nc3ccccc3SC2c2c(O)ccc3ccccc23)c2ccccc21. The molecule has 0 fully saturated rings. The molecule has 0 saturated heterocycles. The summed E-state index contributed by atoms with van der Waals surface area (Å²) in [5.74, 6) is 0.229. The van der Waals surface area contributed by atoms with E-state index in [2.05, 4.69) is 11.4 Å². The largest absolute Gasteiger partial charge is 0.508 e. The monoisotopic (exact) mass is 407 g/mol. The number of phenolic OH excluding ortho intramolecular Hbond substituents is 1. The fourth-order valence-electron chi connectivity index (χ4n) is 4.44. The molecule has 2 N–H and O–H groups in total. The van der Waals surface area contributed by atoms with Crippen LogP contribution in [0.15, 0.2) is 95.4 Å². The summed E-state index contributed by atoms with van der Waals surface area (Å²) in [6, 6.07) is 27.5. The molecule has 144 valence electrons. The number of aromatic hydroxyl groups is 1. The Bertz CT molecular complexity index is 1390. The van der Waals surface area contributed by atoms with Gasteiger partial charge in [-0.3, -0.25) is 4.79 Å². The van der Waals surface area contributed by atoms with Gasteiger partial charge in [-0.25, -0.2) is 0 Å². The predicted octanol–water partition coefficient (Wildman–Crippen LogP) is 6.41. The number of hydrogen-bond acceptors (Lipinski definition) is 4. The van der Waals surface area contributed by atoms with Crippen molar-refractivity contribution in [3.05, 3.63) is 107 Å². The molecule has 1 aliphatic carbocycles. The molecule has 1 heterocycles. The van der Waals surface area contributed by atoms with Crippen molar-refractivity contribution in [1.82, 2.24) is 0 Å². The topological polar surface area (TPSA) is 49.3 Å². The van der Waals surface area contributed by atoms with Crippen molar-refractivity contribution in [3.8, 4) is 5.75 Å². The number of thioether (sulfide) groups is 1. The van der Waals surface area contributed by atoms with E-state index in [0.717, 1.165) is 38.2 Å². The average molecular weight is 407 g/mol. The molecule has 3 nitrogen and oxygen atoms in total. The van der Waals surface area contributed by atoms with Crippen LogP contribution in [0.3, 0.4) is 0 Å². The van der Waals surface area contributed by atoms with Crippen molar-refractivity contribution in [1.29, 1.82) is 0 Å². The van der Waals surface area contributed by atoms with Crippen LogP contribution in [0, 0.1) is 0 Å². The van der Waals surface area contributed by atoms with E-state index in [4.69, 9.17) is 0 Å². The third-order valence-electron chi connectivity index (χ3n) is 5.82. The third-order valence-corrected chi connectivity index (χ3v) is 7.14. The molecule has 4 aromatic carbocycles. The van der Waals surface area contributed by atoms with Gasteiger partial charge in [0.2, 0.25) is 0 Å². The number of fused-ring (bicyclic) bond motifs is 4. The molecule has 0 amide bonds. The highest BCUT2D eigenvalue weighted by Gasteiger charge is 2.39. The summed E-state index contributed by atoms with van der Waals surface area (Å²) >= 11 is 1.61. The lowest BCUT2D eigenvalue weighted by Gasteiger charge is -2.20. The van der Waals surface area contributed by atoms with E-state index in [1.807, 2.05) is 72.8 Å². The van der Waals surface area contributed by atoms with Crippen LogP contribution in [0.1, 0.15) is 26.7 Å². The van der Waals surface area contributed by atoms with Crippen molar-refractivity contribution in [2.24, 2.45) is 0 Å². The van der Waals surface area contributed by atoms with Gasteiger partial charge in [0.1, 0.15) is 5.75 Å². The molecule has 0 spiro atoms. The van der Waals surface area contributed by atoms with Crippen LogP contribution < -0.4 is 5.32 Å². The Morgan fingerprint density at radius 1 is 0.800 bits per heavy atom. The van der Waals surface area contributed by atoms with Gasteiger partial charge < -0.3 is 10.4 Å². The van der Waals surface area contributed by atoms with Crippen LogP contribution in [-0.4, -0.2) is 10.9 Å². The van der Waals surface area contributed by atoms with E-state index in [1.165, 1.54) is 0 Å². The number of phenols is 1. The van der Waals surface area contributed by atoms with Crippen LogP contribution >= 0.6 is 11.8 Å². The Kier molecular flexibility index (Phi) is 3.77. The van der Waals surface area contributed by atoms with E-state index in [0.29, 0.717) is 11.1 Å². The number of carbonyl (C=O) groups is 1. The maximum absolute atomic E-state index is 13.6. The average Bonchev–Trinajstić information content (AvgIpc) is 2.94. The molecule has 6 rings (SSSR count). The number of Topliss-reactive ketones (excluding diaryl/α,β-unsaturated/α-hetero) is 1. The van der Waals surface area contributed by atoms with Crippen molar-refractivity contribution < 1.29 is 9.90 Å². The minimum Gasteiger partial charge on any atom is -0.508 e. The van der Waals surface area contributed by atoms with E-state index in [9.17, 15) is 9.90 Å². The molecule has 1 atom stereocenters. The van der Waals surface area contributed by atoms with Crippen LogP contribution in [0.4, 0.5) is 5.69 Å². The lowest BCUT2D eigenvalue weighted by molar-refractivity contribution is 0.103. The lowest BCUT2D eigenvalue weighted by Crippen LogP contribution is -2.08. The Labute approximate surface area is 178 Å². The quantitative estimate of drug-likeness (QED) is 0.383. The summed E-state index contributed by atoms with van der Waals surface area (Å²) < 4.78 is 0. The van der Waals surface area contributed by atoms with E-state index in [1.54, 1.807) is 17.8 Å². The second-order valence-electron chi connectivity index (χ2n) is 7.50. The number of nitrogens with one attached hydrogen (secondary N) is 1. The Balaban J connectivity index is 1.67. The highest BCUT2D eigenvalue weighted by molar-refractivity contribution is 8.00. The first kappa shape index (κ1) is 17.4. The minimum absolute atomic E-state index is 0.0192. The summed E-state index contributed by atoms with van der Waals surface area (Å²) in [5.41, 5.74) is 4.92. The van der Waals surface area contributed by atoms with Crippen LogP contribution in [0.2, 0.25) is 0 Å². The van der Waals surface area contributed by atoms with Crippen molar-refractivity contribution in [3.63, 3.8) is 0 Å². The van der Waals surface area contributed by atoms with E-state index < -0.39 is 0 Å². The predicted molar refractivity (Wildman–Crippen MR) is 122 cm³/mol. The van der Waals surface area contributed by atoms with Crippen LogP contribution in [-0.2, 0) is 0 Å². The number of carbonyl (C=O) groups excluding carboxylic acids is 1. The van der Waals surface area contributed by atoms with Crippen molar-refractivity contribution >= 4 is 39.7 Å². The van der Waals surface area contributed by atoms with Gasteiger partial charge in [-0.1, -0.05) is 66.7 Å². The van der Waals surface area contributed by atoms with Crippen molar-refractivity contribution in [2.45, 2.75) is 10.1 Å². The Hall–Kier alpha value is -3.50. The fraction of sp³-hybridized carbons (Fsp3) is 0.0385. The standard InChI is InChI=1S/C26H17NO2S/c28-20-14-13-15-7-1-2-8-16(15)22(20)26-23-24(17-9-3-4-10-18(17)25(23)29)27-19-11-5-6-12-21(19)30-26/h1-14,26-28H. The molecule has 0 saturated carbocycles. The molecule has 1 unspecified atom stereocenters. The molecule has 0 aromatic heterocycles. The van der Waals surface area contributed by atoms with Gasteiger partial charge in [-0.05, 0) is 29.0 Å². The smallest absolute Gasteiger partial charge is 0.193 e. The summed E-state index contributed by atoms with van der Waals surface area (Å²) in [4.78, 5) is 14.6. The first-order valence-corrected chi connectivity index (χ1v) is 10.7. The number of benzene rings is 4. The first-order valence-electron chi connectivity index (χ1n) is 9.84. The molecular weight excluding hydrogens is 390 g/mol. The van der Waals surface area contributed by atoms with Gasteiger partial charge >= 0.3 is 0 Å². The second-order valence-corrected chi connectivity index (χ2v) is 8.65. The highest BCUT2D eigenvalue weighted by Crippen LogP contribution is 2.55. The summed E-state index contributed by atoms with van der Waals surface area (Å²) in [7, 11) is 0. The first-order chi connectivity index (χ1) is 14.7. The number of ketones is 1. The van der Waals surface area contributed by atoms with Crippen LogP contribution in [0.25, 0.3) is 16.5 Å². The number of para-hydroxylation sites is 1. The van der Waals surface area contributed by atoms with Gasteiger partial charge in [0, 0.05) is 27.2 Å². The van der Waals surface area contributed by atoms with E-state index in [-0.39, 0.29) is 16.8 Å². The molecule has 30 heavy (non-hydrogen) atoms. The Morgan fingerprint density at radius 2 is 1.53 bits per heavy atom. The number of hydrogen-bond donors (Lipinski definition) is 2. The van der Waals surface area contributed by atoms with Gasteiger partial charge in [-0.15, -0.1) is 11.8 Å². The number of rotatable bonds is 1. The molecule has 4 heteroatoms. The summed E-state index contributed by atoms with van der Waals surface area (Å²) in [6.45, 7) is 0. The molecule has 0 bridgehead atoms. The molecule has 1 aliphatic heterocycles. The zero-order valence-electron chi connectivity index (χ0n) is 15.9. The maximum atomic E-state index is 13.6. The molecule has 4 aromatic rings. The van der Waals surface area contributed by atoms with E-state index >= 15 is 0 Å². The maximum Gasteiger partial charge on any atom is 0.193 e. The van der Waals surface area contributed by atoms with Gasteiger partial charge in [0.15, 0.2) is 5.78 Å². The minimum atomic E-state index is -0.331. The molecule has 0 radical (unpaired) electrons. The normalized spacial score (nSPS) is 17.2. The fourth-order valence-corrected chi connectivity index (χ4v) is 5.81. The zero-order chi connectivity index (χ0) is 20.2. The Morgan fingerprint density at radius 3 is 2.43 bits per heavy atom.